The van der Waals surface area contributed by atoms with Gasteiger partial charge in [-0.3, -0.25) is 9.59 Å². The molecule has 0 bridgehead atoms. The van der Waals surface area contributed by atoms with Crippen molar-refractivity contribution in [3.63, 3.8) is 0 Å². The molecular weight excluding hydrogens is 346 g/mol. The number of nitrogens with zero attached hydrogens (tertiary/aromatic N) is 5. The van der Waals surface area contributed by atoms with E-state index in [1.165, 1.54) is 12.5 Å². The molecule has 2 aliphatic heterocycles. The van der Waals surface area contributed by atoms with Gasteiger partial charge in [0, 0.05) is 39.0 Å². The molecule has 0 aromatic carbocycles. The number of fused-ring (bicyclic) bond motifs is 1. The number of furan rings is 1. The van der Waals surface area contributed by atoms with Crippen molar-refractivity contribution in [3.05, 3.63) is 35.8 Å². The van der Waals surface area contributed by atoms with Crippen molar-refractivity contribution in [2.75, 3.05) is 19.6 Å². The first kappa shape index (κ1) is 17.8. The van der Waals surface area contributed by atoms with Gasteiger partial charge in [-0.2, -0.15) is 0 Å². The van der Waals surface area contributed by atoms with Crippen LogP contribution < -0.4 is 0 Å². The highest BCUT2D eigenvalue weighted by Crippen LogP contribution is 2.31. The average molecular weight is 371 g/mol. The Labute approximate surface area is 158 Å². The maximum Gasteiger partial charge on any atom is 0.257 e. The fourth-order valence-corrected chi connectivity index (χ4v) is 4.07. The second-order valence-electron chi connectivity index (χ2n) is 7.13. The highest BCUT2D eigenvalue weighted by atomic mass is 16.3. The lowest BCUT2D eigenvalue weighted by molar-refractivity contribution is -0.135. The zero-order chi connectivity index (χ0) is 18.8. The molecule has 0 aliphatic carbocycles. The fourth-order valence-electron chi connectivity index (χ4n) is 4.07. The molecule has 1 saturated heterocycles. The van der Waals surface area contributed by atoms with E-state index in [4.69, 9.17) is 4.42 Å². The number of hydrogen-bond acceptors (Lipinski definition) is 5. The summed E-state index contributed by atoms with van der Waals surface area (Å²) in [4.78, 5) is 28.8. The van der Waals surface area contributed by atoms with Crippen molar-refractivity contribution < 1.29 is 14.0 Å². The van der Waals surface area contributed by atoms with Gasteiger partial charge in [0.2, 0.25) is 5.91 Å². The molecule has 1 atom stereocenters. The summed E-state index contributed by atoms with van der Waals surface area (Å²) >= 11 is 0. The van der Waals surface area contributed by atoms with Crippen LogP contribution in [0.15, 0.2) is 23.0 Å². The van der Waals surface area contributed by atoms with E-state index >= 15 is 0 Å². The molecule has 0 spiro atoms. The van der Waals surface area contributed by atoms with Crippen molar-refractivity contribution >= 4 is 11.8 Å². The largest absolute Gasteiger partial charge is 0.472 e. The molecule has 4 heterocycles. The summed E-state index contributed by atoms with van der Waals surface area (Å²) in [7, 11) is 0. The molecule has 8 nitrogen and oxygen atoms in total. The van der Waals surface area contributed by atoms with Gasteiger partial charge in [-0.15, -0.1) is 10.2 Å². The third kappa shape index (κ3) is 3.36. The molecule has 2 aromatic heterocycles. The number of aromatic nitrogens is 3. The Morgan fingerprint density at radius 2 is 2.07 bits per heavy atom. The lowest BCUT2D eigenvalue weighted by atomic mass is 10.0. The number of carbonyl (C=O) groups is 2. The monoisotopic (exact) mass is 371 g/mol. The molecule has 1 fully saturated rings. The first-order valence-corrected chi connectivity index (χ1v) is 9.72. The second kappa shape index (κ2) is 7.54. The van der Waals surface area contributed by atoms with Crippen molar-refractivity contribution in [1.29, 1.82) is 0 Å². The number of piperidine rings is 1. The van der Waals surface area contributed by atoms with Crippen molar-refractivity contribution in [2.45, 2.75) is 51.6 Å². The maximum absolute atomic E-state index is 12.6. The minimum atomic E-state index is -0.0236. The van der Waals surface area contributed by atoms with Gasteiger partial charge in [-0.05, 0) is 25.3 Å². The Balaban J connectivity index is 1.54. The Morgan fingerprint density at radius 1 is 1.19 bits per heavy atom. The maximum atomic E-state index is 12.6. The number of hydrogen-bond donors (Lipinski definition) is 0. The van der Waals surface area contributed by atoms with Gasteiger partial charge in [0.25, 0.3) is 5.91 Å². The van der Waals surface area contributed by atoms with Crippen molar-refractivity contribution in [1.82, 2.24) is 24.6 Å². The fraction of sp³-hybridized carbons (Fsp3) is 0.579. The lowest BCUT2D eigenvalue weighted by Crippen LogP contribution is -2.39. The molecule has 2 aromatic rings. The first-order chi connectivity index (χ1) is 13.2. The highest BCUT2D eigenvalue weighted by molar-refractivity contribution is 5.93. The summed E-state index contributed by atoms with van der Waals surface area (Å²) in [6.45, 7) is 4.52. The zero-order valence-corrected chi connectivity index (χ0v) is 15.6. The Hall–Kier alpha value is -2.64. The Morgan fingerprint density at radius 3 is 2.85 bits per heavy atom. The third-order valence-electron chi connectivity index (χ3n) is 5.53. The summed E-state index contributed by atoms with van der Waals surface area (Å²) in [6, 6.07) is 1.68. The quantitative estimate of drug-likeness (QED) is 0.824. The third-order valence-corrected chi connectivity index (χ3v) is 5.53. The molecule has 2 amide bonds. The van der Waals surface area contributed by atoms with E-state index in [-0.39, 0.29) is 17.9 Å². The molecule has 27 heavy (non-hydrogen) atoms. The van der Waals surface area contributed by atoms with E-state index in [1.54, 1.807) is 6.07 Å². The summed E-state index contributed by atoms with van der Waals surface area (Å²) in [5, 5.41) is 8.84. The van der Waals surface area contributed by atoms with Crippen LogP contribution in [0.25, 0.3) is 0 Å². The van der Waals surface area contributed by atoms with Crippen LogP contribution in [0.2, 0.25) is 0 Å². The SMILES string of the molecule is CCC(=O)N1CCCCC1c1nnc2n1CCN(C(=O)c1ccoc1)CC2. The molecule has 4 rings (SSSR count). The van der Waals surface area contributed by atoms with E-state index in [1.807, 2.05) is 16.7 Å². The molecule has 144 valence electrons. The number of amides is 2. The molecule has 1 unspecified atom stereocenters. The zero-order valence-electron chi connectivity index (χ0n) is 15.6. The number of rotatable bonds is 3. The number of carbonyl (C=O) groups excluding carboxylic acids is 2. The smallest absolute Gasteiger partial charge is 0.257 e. The summed E-state index contributed by atoms with van der Waals surface area (Å²) in [6.07, 6.45) is 7.20. The first-order valence-electron chi connectivity index (χ1n) is 9.72. The van der Waals surface area contributed by atoms with Crippen molar-refractivity contribution in [3.8, 4) is 0 Å². The van der Waals surface area contributed by atoms with Crippen LogP contribution in [0, 0.1) is 0 Å². The van der Waals surface area contributed by atoms with Gasteiger partial charge < -0.3 is 18.8 Å². The van der Waals surface area contributed by atoms with Crippen LogP contribution in [-0.2, 0) is 17.8 Å². The normalized spacial score (nSPS) is 20.3. The van der Waals surface area contributed by atoms with E-state index in [0.29, 0.717) is 38.0 Å². The summed E-state index contributed by atoms with van der Waals surface area (Å²) < 4.78 is 7.15. The second-order valence-corrected chi connectivity index (χ2v) is 7.13. The van der Waals surface area contributed by atoms with Crippen LogP contribution in [0.5, 0.6) is 0 Å². The van der Waals surface area contributed by atoms with Gasteiger partial charge in [0.15, 0.2) is 5.82 Å². The molecule has 0 radical (unpaired) electrons. The molecule has 0 N–H and O–H groups in total. The van der Waals surface area contributed by atoms with Gasteiger partial charge in [-0.1, -0.05) is 6.92 Å². The van der Waals surface area contributed by atoms with Gasteiger partial charge in [-0.25, -0.2) is 0 Å². The van der Waals surface area contributed by atoms with E-state index in [2.05, 4.69) is 14.8 Å². The van der Waals surface area contributed by atoms with Gasteiger partial charge in [0.1, 0.15) is 12.1 Å². The topological polar surface area (TPSA) is 84.5 Å². The van der Waals surface area contributed by atoms with Gasteiger partial charge in [0.05, 0.1) is 17.9 Å². The van der Waals surface area contributed by atoms with Crippen LogP contribution in [0.4, 0.5) is 0 Å². The van der Waals surface area contributed by atoms with Crippen LogP contribution in [-0.4, -0.2) is 56.0 Å². The Kier molecular flexibility index (Phi) is 4.96. The minimum absolute atomic E-state index is 0.0106. The van der Waals surface area contributed by atoms with E-state index in [9.17, 15) is 9.59 Å². The van der Waals surface area contributed by atoms with Crippen LogP contribution in [0.1, 0.15) is 60.7 Å². The molecule has 2 aliphatic rings. The summed E-state index contributed by atoms with van der Waals surface area (Å²) in [5.41, 5.74) is 0.569. The van der Waals surface area contributed by atoms with Crippen molar-refractivity contribution in [2.24, 2.45) is 0 Å². The molecule has 8 heteroatoms. The predicted octanol–water partition coefficient (Wildman–Crippen LogP) is 2.03. The average Bonchev–Trinajstić information content (AvgIpc) is 3.33. The lowest BCUT2D eigenvalue weighted by Gasteiger charge is -2.35. The predicted molar refractivity (Wildman–Crippen MR) is 96.9 cm³/mol. The minimum Gasteiger partial charge on any atom is -0.472 e. The standard InChI is InChI=1S/C19H25N5O3/c1-2-17(25)23-8-4-3-5-15(23)18-21-20-16-6-9-22(10-11-24(16)18)19(26)14-7-12-27-13-14/h7,12-13,15H,2-6,8-11H2,1H3. The van der Waals surface area contributed by atoms with E-state index in [0.717, 1.165) is 37.5 Å². The van der Waals surface area contributed by atoms with Crippen LogP contribution in [0.3, 0.4) is 0 Å². The highest BCUT2D eigenvalue weighted by Gasteiger charge is 2.33. The van der Waals surface area contributed by atoms with Gasteiger partial charge >= 0.3 is 0 Å². The Bertz CT molecular complexity index is 813. The van der Waals surface area contributed by atoms with E-state index < -0.39 is 0 Å². The van der Waals surface area contributed by atoms with Crippen LogP contribution >= 0.6 is 0 Å². The molecule has 0 saturated carbocycles. The summed E-state index contributed by atoms with van der Waals surface area (Å²) in [5.74, 6) is 1.90. The number of likely N-dealkylation sites (tertiary alicyclic amines) is 1. The molecular formula is C19H25N5O3.